The molecule has 0 unspecified atom stereocenters. The van der Waals surface area contributed by atoms with Crippen LogP contribution in [0.5, 0.6) is 11.5 Å². The van der Waals surface area contributed by atoms with E-state index in [0.717, 1.165) is 29.7 Å². The smallest absolute Gasteiger partial charge is 0.260 e. The van der Waals surface area contributed by atoms with Gasteiger partial charge in [-0.25, -0.2) is 8.42 Å². The van der Waals surface area contributed by atoms with Crippen molar-refractivity contribution in [1.82, 2.24) is 9.62 Å². The van der Waals surface area contributed by atoms with Gasteiger partial charge in [0.2, 0.25) is 10.0 Å². The molecule has 1 N–H and O–H groups in total. The minimum atomic E-state index is -3.43. The van der Waals surface area contributed by atoms with Gasteiger partial charge in [0.25, 0.3) is 5.91 Å². The zero-order valence-corrected chi connectivity index (χ0v) is 20.7. The lowest BCUT2D eigenvalue weighted by atomic mass is 10.0. The summed E-state index contributed by atoms with van der Waals surface area (Å²) in [4.78, 5) is 12.7. The van der Waals surface area contributed by atoms with Crippen molar-refractivity contribution in [3.8, 4) is 11.5 Å². The molecule has 0 aliphatic carbocycles. The quantitative estimate of drug-likeness (QED) is 0.529. The fraction of sp³-hybridized carbons (Fsp3) is 0.480. The highest BCUT2D eigenvalue weighted by molar-refractivity contribution is 7.89. The zero-order chi connectivity index (χ0) is 24.0. The number of sulfonamides is 1. The number of hydrogen-bond acceptors (Lipinski definition) is 5. The Bertz CT molecular complexity index is 1040. The Morgan fingerprint density at radius 2 is 1.73 bits per heavy atom. The third kappa shape index (κ3) is 6.48. The van der Waals surface area contributed by atoms with Gasteiger partial charge in [0.15, 0.2) is 6.10 Å². The van der Waals surface area contributed by atoms with Crippen LogP contribution in [0.2, 0.25) is 0 Å². The molecule has 8 heteroatoms. The highest BCUT2D eigenvalue weighted by atomic mass is 32.2. The van der Waals surface area contributed by atoms with Crippen molar-refractivity contribution in [3.05, 3.63) is 53.6 Å². The third-order valence-corrected chi connectivity index (χ3v) is 7.57. The van der Waals surface area contributed by atoms with Gasteiger partial charge < -0.3 is 14.8 Å². The number of carbonyl (C=O) groups is 1. The molecule has 1 aliphatic rings. The van der Waals surface area contributed by atoms with Crippen molar-refractivity contribution < 1.29 is 22.7 Å². The van der Waals surface area contributed by atoms with Crippen molar-refractivity contribution in [2.24, 2.45) is 0 Å². The number of nitrogens with one attached hydrogen (secondary N) is 1. The van der Waals surface area contributed by atoms with Gasteiger partial charge in [-0.1, -0.05) is 26.0 Å². The molecular weight excluding hydrogens is 440 g/mol. The lowest BCUT2D eigenvalue weighted by Crippen LogP contribution is -2.38. The van der Waals surface area contributed by atoms with Gasteiger partial charge in [-0.2, -0.15) is 4.31 Å². The third-order valence-electron chi connectivity index (χ3n) is 5.66. The first-order chi connectivity index (χ1) is 15.7. The predicted octanol–water partition coefficient (Wildman–Crippen LogP) is 3.87. The molecule has 1 atom stereocenters. The maximum absolute atomic E-state index is 12.6. The number of rotatable bonds is 10. The molecule has 2 aromatic carbocycles. The van der Waals surface area contributed by atoms with Crippen LogP contribution in [0.15, 0.2) is 47.4 Å². The summed E-state index contributed by atoms with van der Waals surface area (Å²) in [6.45, 7) is 9.62. The van der Waals surface area contributed by atoms with Crippen LogP contribution in [0.4, 0.5) is 0 Å². The van der Waals surface area contributed by atoms with E-state index < -0.39 is 16.1 Å². The van der Waals surface area contributed by atoms with Gasteiger partial charge in [-0.05, 0) is 74.1 Å². The fourth-order valence-electron chi connectivity index (χ4n) is 3.74. The normalized spacial score (nSPS) is 15.4. The molecule has 2 aromatic rings. The largest absolute Gasteiger partial charge is 0.492 e. The highest BCUT2D eigenvalue weighted by Crippen LogP contribution is 2.28. The summed E-state index contributed by atoms with van der Waals surface area (Å²) in [5.74, 6) is 1.35. The minimum Gasteiger partial charge on any atom is -0.492 e. The molecule has 0 radical (unpaired) electrons. The lowest BCUT2D eigenvalue weighted by molar-refractivity contribution is -0.127. The van der Waals surface area contributed by atoms with Crippen molar-refractivity contribution in [2.45, 2.75) is 57.5 Å². The molecule has 33 heavy (non-hydrogen) atoms. The Labute approximate surface area is 197 Å². The predicted molar refractivity (Wildman–Crippen MR) is 128 cm³/mol. The van der Waals surface area contributed by atoms with Crippen LogP contribution in [0.25, 0.3) is 0 Å². The lowest BCUT2D eigenvalue weighted by Gasteiger charge is -2.19. The second-order valence-corrected chi connectivity index (χ2v) is 10.6. The second kappa shape index (κ2) is 11.0. The number of benzene rings is 2. The van der Waals surface area contributed by atoms with Crippen LogP contribution in [-0.4, -0.2) is 51.0 Å². The Hall–Kier alpha value is -2.58. The molecule has 1 amide bonds. The van der Waals surface area contributed by atoms with E-state index in [9.17, 15) is 13.2 Å². The van der Waals surface area contributed by atoms with Gasteiger partial charge in [0, 0.05) is 13.1 Å². The van der Waals surface area contributed by atoms with Crippen molar-refractivity contribution in [3.63, 3.8) is 0 Å². The topological polar surface area (TPSA) is 84.9 Å². The Balaban J connectivity index is 1.46. The first-order valence-electron chi connectivity index (χ1n) is 11.5. The highest BCUT2D eigenvalue weighted by Gasteiger charge is 2.27. The number of amides is 1. The standard InChI is InChI=1S/C25H34N2O5S/c1-18(2)23-12-7-19(3)17-24(23)32-20(4)25(28)26-13-16-31-21-8-10-22(11-9-21)33(29,30)27-14-5-6-15-27/h7-12,17-18,20H,5-6,13-16H2,1-4H3,(H,26,28)/t20-/m0/s1. The Kier molecular flexibility index (Phi) is 8.37. The van der Waals surface area contributed by atoms with Crippen molar-refractivity contribution >= 4 is 15.9 Å². The first kappa shape index (κ1) is 25.1. The summed E-state index contributed by atoms with van der Waals surface area (Å²) >= 11 is 0. The van der Waals surface area contributed by atoms with Crippen molar-refractivity contribution in [2.75, 3.05) is 26.2 Å². The van der Waals surface area contributed by atoms with Gasteiger partial charge >= 0.3 is 0 Å². The molecule has 1 aliphatic heterocycles. The molecule has 3 rings (SSSR count). The molecule has 1 heterocycles. The molecule has 0 saturated carbocycles. The maximum Gasteiger partial charge on any atom is 0.260 e. The average Bonchev–Trinajstić information content (AvgIpc) is 3.32. The summed E-state index contributed by atoms with van der Waals surface area (Å²) in [7, 11) is -3.43. The number of carbonyl (C=O) groups excluding carboxylic acids is 1. The Morgan fingerprint density at radius 3 is 2.36 bits per heavy atom. The molecule has 7 nitrogen and oxygen atoms in total. The van der Waals surface area contributed by atoms with Gasteiger partial charge in [0.1, 0.15) is 18.1 Å². The molecule has 1 fully saturated rings. The van der Waals surface area contributed by atoms with E-state index >= 15 is 0 Å². The van der Waals surface area contributed by atoms with Gasteiger partial charge in [-0.3, -0.25) is 4.79 Å². The summed E-state index contributed by atoms with van der Waals surface area (Å²) in [5, 5.41) is 2.82. The van der Waals surface area contributed by atoms with Gasteiger partial charge in [-0.15, -0.1) is 0 Å². The SMILES string of the molecule is Cc1ccc(C(C)C)c(O[C@@H](C)C(=O)NCCOc2ccc(S(=O)(=O)N3CCCC3)cc2)c1. The van der Waals surface area contributed by atoms with Gasteiger partial charge in [0.05, 0.1) is 11.4 Å². The fourth-order valence-corrected chi connectivity index (χ4v) is 5.25. The number of hydrogen-bond donors (Lipinski definition) is 1. The monoisotopic (exact) mass is 474 g/mol. The van der Waals surface area contributed by atoms with Crippen LogP contribution in [-0.2, 0) is 14.8 Å². The minimum absolute atomic E-state index is 0.220. The van der Waals surface area contributed by atoms with Crippen LogP contribution >= 0.6 is 0 Å². The van der Waals surface area contributed by atoms with Crippen LogP contribution < -0.4 is 14.8 Å². The van der Waals surface area contributed by atoms with E-state index in [1.165, 1.54) is 4.31 Å². The maximum atomic E-state index is 12.6. The number of nitrogens with zero attached hydrogens (tertiary/aromatic N) is 1. The van der Waals surface area contributed by atoms with Crippen LogP contribution in [0.3, 0.4) is 0 Å². The Morgan fingerprint density at radius 1 is 1.06 bits per heavy atom. The second-order valence-electron chi connectivity index (χ2n) is 8.68. The zero-order valence-electron chi connectivity index (χ0n) is 19.8. The summed E-state index contributed by atoms with van der Waals surface area (Å²) in [6, 6.07) is 12.4. The van der Waals surface area contributed by atoms with Crippen molar-refractivity contribution in [1.29, 1.82) is 0 Å². The number of ether oxygens (including phenoxy) is 2. The van der Waals surface area contributed by atoms with E-state index in [4.69, 9.17) is 9.47 Å². The van der Waals surface area contributed by atoms with E-state index in [2.05, 4.69) is 19.2 Å². The molecule has 0 bridgehead atoms. The average molecular weight is 475 g/mol. The van der Waals surface area contributed by atoms with E-state index in [-0.39, 0.29) is 17.4 Å². The van der Waals surface area contributed by atoms with E-state index in [0.29, 0.717) is 31.3 Å². The summed E-state index contributed by atoms with van der Waals surface area (Å²) in [5.41, 5.74) is 2.15. The molecule has 0 aromatic heterocycles. The van der Waals surface area contributed by atoms with Crippen LogP contribution in [0, 0.1) is 6.92 Å². The molecule has 180 valence electrons. The summed E-state index contributed by atoms with van der Waals surface area (Å²) in [6.07, 6.45) is 1.17. The van der Waals surface area contributed by atoms with Crippen LogP contribution in [0.1, 0.15) is 50.7 Å². The molecule has 0 spiro atoms. The molecule has 1 saturated heterocycles. The van der Waals surface area contributed by atoms with E-state index in [1.807, 2.05) is 25.1 Å². The summed E-state index contributed by atoms with van der Waals surface area (Å²) < 4.78 is 38.3. The number of aryl methyl sites for hydroxylation is 1. The molecular formula is C25H34N2O5S. The van der Waals surface area contributed by atoms with E-state index in [1.54, 1.807) is 31.2 Å². The first-order valence-corrected chi connectivity index (χ1v) is 12.9.